The summed E-state index contributed by atoms with van der Waals surface area (Å²) in [6.07, 6.45) is 0.605. The number of nitrogens with zero attached hydrogens (tertiary/aromatic N) is 2. The first-order valence-corrected chi connectivity index (χ1v) is 11.9. The number of hydrogen-bond donors (Lipinski definition) is 2. The van der Waals surface area contributed by atoms with Gasteiger partial charge in [0.2, 0.25) is 11.8 Å². The summed E-state index contributed by atoms with van der Waals surface area (Å²) in [7, 11) is 0. The number of anilines is 1. The van der Waals surface area contributed by atoms with Crippen molar-refractivity contribution in [2.75, 3.05) is 11.9 Å². The Morgan fingerprint density at radius 1 is 0.750 bits per heavy atom. The number of rotatable bonds is 8. The van der Waals surface area contributed by atoms with E-state index in [0.29, 0.717) is 13.0 Å². The van der Waals surface area contributed by atoms with Crippen LogP contribution in [0.3, 0.4) is 0 Å². The molecule has 1 heterocycles. The van der Waals surface area contributed by atoms with Gasteiger partial charge in [0, 0.05) is 6.54 Å². The summed E-state index contributed by atoms with van der Waals surface area (Å²) < 4.78 is 1.98. The van der Waals surface area contributed by atoms with E-state index in [-0.39, 0.29) is 26.6 Å². The molecule has 10 heteroatoms. The standard InChI is InChI=1S/C26H22Cl2N4O4/c27-19-10-6-11-20(28)24(19)30-23(34)16-31-21-12-5-4-9-18(21)25(35)32(26(31)36)15-22(33)29-14-13-17-7-2-1-3-8-17/h1-12H,13-16H2,(H,29,33)(H,30,34). The minimum Gasteiger partial charge on any atom is -0.354 e. The maximum absolute atomic E-state index is 13.3. The zero-order valence-corrected chi connectivity index (χ0v) is 20.6. The average molecular weight is 525 g/mol. The molecule has 0 bridgehead atoms. The molecule has 8 nitrogen and oxygen atoms in total. The van der Waals surface area contributed by atoms with Gasteiger partial charge in [0.15, 0.2) is 0 Å². The summed E-state index contributed by atoms with van der Waals surface area (Å²) in [5.74, 6) is -1.06. The monoisotopic (exact) mass is 524 g/mol. The normalized spacial score (nSPS) is 10.8. The van der Waals surface area contributed by atoms with Gasteiger partial charge in [0.05, 0.1) is 26.6 Å². The topological polar surface area (TPSA) is 102 Å². The minimum atomic E-state index is -0.780. The predicted octanol–water partition coefficient (Wildman–Crippen LogP) is 3.47. The molecule has 2 N–H and O–H groups in total. The Morgan fingerprint density at radius 3 is 2.11 bits per heavy atom. The largest absolute Gasteiger partial charge is 0.354 e. The van der Waals surface area contributed by atoms with Crippen LogP contribution in [0, 0.1) is 0 Å². The molecule has 0 aliphatic rings. The van der Waals surface area contributed by atoms with Gasteiger partial charge in [-0.25, -0.2) is 4.79 Å². The van der Waals surface area contributed by atoms with Crippen LogP contribution in [0.4, 0.5) is 5.69 Å². The lowest BCUT2D eigenvalue weighted by atomic mass is 10.1. The number of halogens is 2. The quantitative estimate of drug-likeness (QED) is 0.368. The van der Waals surface area contributed by atoms with Crippen LogP contribution in [-0.4, -0.2) is 27.5 Å². The minimum absolute atomic E-state index is 0.206. The molecule has 0 aliphatic heterocycles. The summed E-state index contributed by atoms with van der Waals surface area (Å²) in [6, 6.07) is 20.8. The molecular formula is C26H22Cl2N4O4. The van der Waals surface area contributed by atoms with Crippen molar-refractivity contribution in [1.82, 2.24) is 14.5 Å². The van der Waals surface area contributed by atoms with Crippen LogP contribution in [-0.2, 0) is 29.1 Å². The highest BCUT2D eigenvalue weighted by Crippen LogP contribution is 2.29. The van der Waals surface area contributed by atoms with E-state index in [4.69, 9.17) is 23.2 Å². The van der Waals surface area contributed by atoms with E-state index in [2.05, 4.69) is 10.6 Å². The van der Waals surface area contributed by atoms with E-state index in [1.165, 1.54) is 0 Å². The fraction of sp³-hybridized carbons (Fsp3) is 0.154. The average Bonchev–Trinajstić information content (AvgIpc) is 2.87. The zero-order chi connectivity index (χ0) is 25.7. The van der Waals surface area contributed by atoms with Crippen molar-refractivity contribution >= 4 is 51.6 Å². The molecule has 2 amide bonds. The Hall–Kier alpha value is -3.88. The number of nitrogens with one attached hydrogen (secondary N) is 2. The van der Waals surface area contributed by atoms with Gasteiger partial charge >= 0.3 is 5.69 Å². The molecule has 0 saturated carbocycles. The predicted molar refractivity (Wildman–Crippen MR) is 141 cm³/mol. The maximum Gasteiger partial charge on any atom is 0.332 e. The number of benzene rings is 3. The van der Waals surface area contributed by atoms with Crippen LogP contribution in [0.15, 0.2) is 82.4 Å². The van der Waals surface area contributed by atoms with Crippen LogP contribution in [0.5, 0.6) is 0 Å². The second kappa shape index (κ2) is 11.2. The molecule has 4 rings (SSSR count). The van der Waals surface area contributed by atoms with Crippen molar-refractivity contribution in [3.63, 3.8) is 0 Å². The van der Waals surface area contributed by atoms with Gasteiger partial charge in [-0.2, -0.15) is 0 Å². The zero-order valence-electron chi connectivity index (χ0n) is 19.0. The van der Waals surface area contributed by atoms with Gasteiger partial charge < -0.3 is 10.6 Å². The number of carbonyl (C=O) groups is 2. The highest BCUT2D eigenvalue weighted by molar-refractivity contribution is 6.39. The number of aromatic nitrogens is 2. The molecule has 0 saturated heterocycles. The molecule has 0 radical (unpaired) electrons. The Labute approximate surface area is 216 Å². The van der Waals surface area contributed by atoms with Crippen molar-refractivity contribution in [3.8, 4) is 0 Å². The first kappa shape index (κ1) is 25.2. The second-order valence-electron chi connectivity index (χ2n) is 8.01. The summed E-state index contributed by atoms with van der Waals surface area (Å²) in [5, 5.41) is 6.03. The molecule has 0 fully saturated rings. The van der Waals surface area contributed by atoms with Crippen molar-refractivity contribution in [2.45, 2.75) is 19.5 Å². The maximum atomic E-state index is 13.3. The number of para-hydroxylation sites is 2. The Bertz CT molecular complexity index is 1530. The first-order valence-electron chi connectivity index (χ1n) is 11.1. The molecule has 184 valence electrons. The molecule has 1 aromatic heterocycles. The van der Waals surface area contributed by atoms with Crippen LogP contribution in [0.25, 0.3) is 10.9 Å². The van der Waals surface area contributed by atoms with E-state index in [1.807, 2.05) is 30.3 Å². The lowest BCUT2D eigenvalue weighted by Crippen LogP contribution is -2.45. The molecule has 3 aromatic carbocycles. The van der Waals surface area contributed by atoms with Gasteiger partial charge in [-0.3, -0.25) is 23.5 Å². The van der Waals surface area contributed by atoms with E-state index in [1.54, 1.807) is 42.5 Å². The third kappa shape index (κ3) is 5.67. The van der Waals surface area contributed by atoms with E-state index >= 15 is 0 Å². The molecule has 0 spiro atoms. The number of hydrogen-bond acceptors (Lipinski definition) is 4. The van der Waals surface area contributed by atoms with Crippen LogP contribution in [0.2, 0.25) is 10.0 Å². The third-order valence-corrected chi connectivity index (χ3v) is 6.17. The second-order valence-corrected chi connectivity index (χ2v) is 8.82. The van der Waals surface area contributed by atoms with Gasteiger partial charge in [-0.05, 0) is 36.2 Å². The SMILES string of the molecule is O=C(Cn1c(=O)c2ccccc2n(CC(=O)Nc2c(Cl)cccc2Cl)c1=O)NCCc1ccccc1. The third-order valence-electron chi connectivity index (χ3n) is 5.54. The molecule has 0 atom stereocenters. The summed E-state index contributed by atoms with van der Waals surface area (Å²) in [5.41, 5.74) is 0.146. The summed E-state index contributed by atoms with van der Waals surface area (Å²) in [6.45, 7) is -0.549. The van der Waals surface area contributed by atoms with E-state index < -0.39 is 36.2 Å². The fourth-order valence-electron chi connectivity index (χ4n) is 3.79. The summed E-state index contributed by atoms with van der Waals surface area (Å²) in [4.78, 5) is 51.7. The fourth-order valence-corrected chi connectivity index (χ4v) is 4.29. The first-order chi connectivity index (χ1) is 17.3. The van der Waals surface area contributed by atoms with E-state index in [0.717, 1.165) is 14.7 Å². The van der Waals surface area contributed by atoms with E-state index in [9.17, 15) is 19.2 Å². The van der Waals surface area contributed by atoms with Gasteiger partial charge in [-0.1, -0.05) is 71.7 Å². The highest BCUT2D eigenvalue weighted by Gasteiger charge is 2.18. The van der Waals surface area contributed by atoms with Crippen LogP contribution >= 0.6 is 23.2 Å². The van der Waals surface area contributed by atoms with Gasteiger partial charge in [0.1, 0.15) is 13.1 Å². The lowest BCUT2D eigenvalue weighted by Gasteiger charge is -2.15. The van der Waals surface area contributed by atoms with Gasteiger partial charge in [-0.15, -0.1) is 0 Å². The molecular weight excluding hydrogens is 503 g/mol. The highest BCUT2D eigenvalue weighted by atomic mass is 35.5. The molecule has 36 heavy (non-hydrogen) atoms. The molecule has 0 aliphatic carbocycles. The van der Waals surface area contributed by atoms with Crippen molar-refractivity contribution < 1.29 is 9.59 Å². The number of carbonyl (C=O) groups excluding carboxylic acids is 2. The van der Waals surface area contributed by atoms with Crippen LogP contribution in [0.1, 0.15) is 5.56 Å². The van der Waals surface area contributed by atoms with Crippen LogP contribution < -0.4 is 21.9 Å². The smallest absolute Gasteiger partial charge is 0.332 e. The van der Waals surface area contributed by atoms with Crippen molar-refractivity contribution in [1.29, 1.82) is 0 Å². The van der Waals surface area contributed by atoms with Crippen molar-refractivity contribution in [3.05, 3.63) is 109 Å². The number of amides is 2. The molecule has 0 unspecified atom stereocenters. The molecule has 4 aromatic rings. The summed E-state index contributed by atoms with van der Waals surface area (Å²) >= 11 is 12.3. The lowest BCUT2D eigenvalue weighted by molar-refractivity contribution is -0.121. The Kier molecular flexibility index (Phi) is 7.87. The Morgan fingerprint density at radius 2 is 1.39 bits per heavy atom. The Balaban J connectivity index is 1.58. The van der Waals surface area contributed by atoms with Crippen molar-refractivity contribution in [2.24, 2.45) is 0 Å². The van der Waals surface area contributed by atoms with Gasteiger partial charge in [0.25, 0.3) is 5.56 Å². The number of fused-ring (bicyclic) bond motifs is 1.